The van der Waals surface area contributed by atoms with Gasteiger partial charge in [0, 0.05) is 22.8 Å². The van der Waals surface area contributed by atoms with Crippen LogP contribution in [0.4, 0.5) is 5.69 Å². The maximum absolute atomic E-state index is 11.8. The van der Waals surface area contributed by atoms with E-state index in [-0.39, 0.29) is 18.0 Å². The topological polar surface area (TPSA) is 57.6 Å². The maximum Gasteiger partial charge on any atom is 0.331 e. The molecule has 1 amide bonds. The van der Waals surface area contributed by atoms with Gasteiger partial charge in [-0.2, -0.15) is 0 Å². The third-order valence-electron chi connectivity index (χ3n) is 2.90. The molecule has 0 aliphatic carbocycles. The molecule has 0 bridgehead atoms. The molecule has 94 valence electrons. The van der Waals surface area contributed by atoms with Crippen LogP contribution in [-0.4, -0.2) is 23.5 Å². The number of carbonyl (C=O) groups is 2. The van der Waals surface area contributed by atoms with Crippen LogP contribution in [0, 0.1) is 0 Å². The number of aliphatic carboxylic acids is 1. The van der Waals surface area contributed by atoms with Gasteiger partial charge in [-0.05, 0) is 24.6 Å². The number of carbonyl (C=O) groups excluding carboxylic acids is 1. The van der Waals surface area contributed by atoms with E-state index in [4.69, 9.17) is 16.7 Å². The fourth-order valence-electron chi connectivity index (χ4n) is 1.85. The molecule has 0 saturated heterocycles. The summed E-state index contributed by atoms with van der Waals surface area (Å²) in [6.45, 7) is 1.76. The summed E-state index contributed by atoms with van der Waals surface area (Å²) in [5, 5.41) is 9.33. The first-order valence-corrected chi connectivity index (χ1v) is 5.85. The number of carboxylic acids is 1. The number of nitrogens with zero attached hydrogens (tertiary/aromatic N) is 1. The second-order valence-electron chi connectivity index (χ2n) is 4.15. The zero-order chi connectivity index (χ0) is 13.3. The van der Waals surface area contributed by atoms with E-state index in [2.05, 4.69) is 0 Å². The summed E-state index contributed by atoms with van der Waals surface area (Å²) in [5.74, 6) is -1.02. The fourth-order valence-corrected chi connectivity index (χ4v) is 2.01. The molecule has 1 aromatic rings. The SMILES string of the molecule is CC(=CCN1C(=O)Cc2ccc(Cl)cc21)C(=O)O. The highest BCUT2D eigenvalue weighted by atomic mass is 35.5. The Morgan fingerprint density at radius 3 is 2.94 bits per heavy atom. The first-order valence-electron chi connectivity index (χ1n) is 5.48. The average Bonchev–Trinajstić information content (AvgIpc) is 2.61. The zero-order valence-electron chi connectivity index (χ0n) is 9.81. The van der Waals surface area contributed by atoms with Crippen LogP contribution >= 0.6 is 11.6 Å². The van der Waals surface area contributed by atoms with Gasteiger partial charge in [0.15, 0.2) is 0 Å². The summed E-state index contributed by atoms with van der Waals surface area (Å²) in [6.07, 6.45) is 1.86. The van der Waals surface area contributed by atoms with E-state index in [1.807, 2.05) is 6.07 Å². The van der Waals surface area contributed by atoms with Crippen molar-refractivity contribution in [2.45, 2.75) is 13.3 Å². The fraction of sp³-hybridized carbons (Fsp3) is 0.231. The van der Waals surface area contributed by atoms with Gasteiger partial charge in [0.25, 0.3) is 0 Å². The van der Waals surface area contributed by atoms with E-state index in [1.165, 1.54) is 13.0 Å². The molecule has 0 radical (unpaired) electrons. The third-order valence-corrected chi connectivity index (χ3v) is 3.13. The molecule has 2 rings (SSSR count). The average molecular weight is 266 g/mol. The highest BCUT2D eigenvalue weighted by molar-refractivity contribution is 6.31. The maximum atomic E-state index is 11.8. The summed E-state index contributed by atoms with van der Waals surface area (Å²) in [6, 6.07) is 5.30. The van der Waals surface area contributed by atoms with Gasteiger partial charge in [-0.1, -0.05) is 23.7 Å². The van der Waals surface area contributed by atoms with Crippen LogP contribution in [0.5, 0.6) is 0 Å². The summed E-state index contributed by atoms with van der Waals surface area (Å²) in [7, 11) is 0. The normalized spacial score (nSPS) is 14.9. The second-order valence-corrected chi connectivity index (χ2v) is 4.58. The Bertz CT molecular complexity index is 551. The molecule has 18 heavy (non-hydrogen) atoms. The van der Waals surface area contributed by atoms with E-state index >= 15 is 0 Å². The van der Waals surface area contributed by atoms with Crippen molar-refractivity contribution in [3.63, 3.8) is 0 Å². The minimum Gasteiger partial charge on any atom is -0.478 e. The van der Waals surface area contributed by atoms with E-state index in [0.717, 1.165) is 11.3 Å². The molecule has 5 heteroatoms. The lowest BCUT2D eigenvalue weighted by Crippen LogP contribution is -2.27. The largest absolute Gasteiger partial charge is 0.478 e. The van der Waals surface area contributed by atoms with Crippen molar-refractivity contribution in [1.82, 2.24) is 0 Å². The van der Waals surface area contributed by atoms with Crippen LogP contribution < -0.4 is 4.90 Å². The van der Waals surface area contributed by atoms with Crippen LogP contribution in [0.2, 0.25) is 5.02 Å². The van der Waals surface area contributed by atoms with Crippen molar-refractivity contribution < 1.29 is 14.7 Å². The number of amides is 1. The van der Waals surface area contributed by atoms with Crippen molar-refractivity contribution >= 4 is 29.2 Å². The predicted octanol–water partition coefficient (Wildman–Crippen LogP) is 2.26. The summed E-state index contributed by atoms with van der Waals surface area (Å²) < 4.78 is 0. The molecule has 0 spiro atoms. The Kier molecular flexibility index (Phi) is 3.39. The number of benzene rings is 1. The van der Waals surface area contributed by atoms with Gasteiger partial charge in [-0.15, -0.1) is 0 Å². The van der Waals surface area contributed by atoms with Gasteiger partial charge < -0.3 is 10.0 Å². The standard InChI is InChI=1S/C13H12ClNO3/c1-8(13(17)18)4-5-15-11-7-10(14)3-2-9(11)6-12(15)16/h2-4,7H,5-6H2,1H3,(H,17,18). The zero-order valence-corrected chi connectivity index (χ0v) is 10.6. The minimum atomic E-state index is -0.979. The van der Waals surface area contributed by atoms with E-state index < -0.39 is 5.97 Å². The van der Waals surface area contributed by atoms with Crippen LogP contribution in [0.25, 0.3) is 0 Å². The van der Waals surface area contributed by atoms with E-state index in [9.17, 15) is 9.59 Å². The molecule has 0 saturated carbocycles. The van der Waals surface area contributed by atoms with E-state index in [1.54, 1.807) is 17.0 Å². The smallest absolute Gasteiger partial charge is 0.331 e. The number of hydrogen-bond acceptors (Lipinski definition) is 2. The first-order chi connectivity index (χ1) is 8.49. The van der Waals surface area contributed by atoms with Gasteiger partial charge >= 0.3 is 5.97 Å². The summed E-state index contributed by atoms with van der Waals surface area (Å²) in [4.78, 5) is 24.1. The molecule has 1 aliphatic rings. The van der Waals surface area contributed by atoms with Gasteiger partial charge in [-0.3, -0.25) is 4.79 Å². The highest BCUT2D eigenvalue weighted by Gasteiger charge is 2.26. The minimum absolute atomic E-state index is 0.0401. The molecular weight excluding hydrogens is 254 g/mol. The quantitative estimate of drug-likeness (QED) is 0.853. The molecular formula is C13H12ClNO3. The number of halogens is 1. The Hall–Kier alpha value is -1.81. The summed E-state index contributed by atoms with van der Waals surface area (Å²) in [5.41, 5.74) is 1.91. The molecule has 4 nitrogen and oxygen atoms in total. The van der Waals surface area contributed by atoms with Crippen molar-refractivity contribution in [3.05, 3.63) is 40.4 Å². The number of rotatable bonds is 3. The Balaban J connectivity index is 2.25. The van der Waals surface area contributed by atoms with Crippen molar-refractivity contribution in [2.75, 3.05) is 11.4 Å². The molecule has 0 aromatic heterocycles. The van der Waals surface area contributed by atoms with Crippen molar-refractivity contribution in [1.29, 1.82) is 0 Å². The van der Waals surface area contributed by atoms with Crippen LogP contribution in [0.15, 0.2) is 29.8 Å². The predicted molar refractivity (Wildman–Crippen MR) is 68.9 cm³/mol. The Morgan fingerprint density at radius 2 is 2.28 bits per heavy atom. The lowest BCUT2D eigenvalue weighted by atomic mass is 10.2. The number of carboxylic acid groups (broad SMARTS) is 1. The Morgan fingerprint density at radius 1 is 1.56 bits per heavy atom. The van der Waals surface area contributed by atoms with Crippen molar-refractivity contribution in [3.8, 4) is 0 Å². The lowest BCUT2D eigenvalue weighted by molar-refractivity contribution is -0.132. The Labute approximate surface area is 109 Å². The van der Waals surface area contributed by atoms with Crippen molar-refractivity contribution in [2.24, 2.45) is 0 Å². The number of anilines is 1. The molecule has 1 aromatic carbocycles. The molecule has 1 aliphatic heterocycles. The first kappa shape index (κ1) is 12.6. The van der Waals surface area contributed by atoms with Gasteiger partial charge in [0.05, 0.1) is 6.42 Å². The molecule has 1 N–H and O–H groups in total. The summed E-state index contributed by atoms with van der Waals surface area (Å²) >= 11 is 5.90. The van der Waals surface area contributed by atoms with Gasteiger partial charge in [0.1, 0.15) is 0 Å². The van der Waals surface area contributed by atoms with E-state index in [0.29, 0.717) is 11.4 Å². The molecule has 0 fully saturated rings. The molecule has 0 atom stereocenters. The number of fused-ring (bicyclic) bond motifs is 1. The lowest BCUT2D eigenvalue weighted by Gasteiger charge is -2.15. The van der Waals surface area contributed by atoms with Gasteiger partial charge in [-0.25, -0.2) is 4.79 Å². The van der Waals surface area contributed by atoms with Gasteiger partial charge in [0.2, 0.25) is 5.91 Å². The second kappa shape index (κ2) is 4.82. The third kappa shape index (κ3) is 2.38. The molecule has 1 heterocycles. The number of hydrogen-bond donors (Lipinski definition) is 1. The monoisotopic (exact) mass is 265 g/mol. The van der Waals surface area contributed by atoms with Crippen LogP contribution in [0.3, 0.4) is 0 Å². The highest BCUT2D eigenvalue weighted by Crippen LogP contribution is 2.31. The van der Waals surface area contributed by atoms with Crippen LogP contribution in [-0.2, 0) is 16.0 Å². The molecule has 0 unspecified atom stereocenters. The van der Waals surface area contributed by atoms with Crippen LogP contribution in [0.1, 0.15) is 12.5 Å².